The first-order valence-electron chi connectivity index (χ1n) is 7.09. The van der Waals surface area contributed by atoms with E-state index in [1.54, 1.807) is 0 Å². The highest BCUT2D eigenvalue weighted by molar-refractivity contribution is 9.10. The summed E-state index contributed by atoms with van der Waals surface area (Å²) in [4.78, 5) is 0. The van der Waals surface area contributed by atoms with E-state index in [0.717, 1.165) is 24.0 Å². The highest BCUT2D eigenvalue weighted by Crippen LogP contribution is 2.21. The van der Waals surface area contributed by atoms with Crippen LogP contribution >= 0.6 is 15.9 Å². The minimum Gasteiger partial charge on any atom is -0.372 e. The number of halogens is 1. The van der Waals surface area contributed by atoms with Crippen LogP contribution in [0.1, 0.15) is 45.8 Å². The van der Waals surface area contributed by atoms with Crippen LogP contribution in [0.4, 0.5) is 0 Å². The Bertz CT molecular complexity index is 366. The molecule has 0 spiro atoms. The number of ether oxygens (including phenoxy) is 1. The van der Waals surface area contributed by atoms with Crippen molar-refractivity contribution in [1.82, 2.24) is 5.32 Å². The van der Waals surface area contributed by atoms with E-state index in [9.17, 15) is 0 Å². The summed E-state index contributed by atoms with van der Waals surface area (Å²) in [6, 6.07) is 8.86. The van der Waals surface area contributed by atoms with Crippen molar-refractivity contribution >= 4 is 15.9 Å². The highest BCUT2D eigenvalue weighted by atomic mass is 79.9. The van der Waals surface area contributed by atoms with Crippen LogP contribution in [0.3, 0.4) is 0 Å². The first kappa shape index (κ1) is 16.7. The largest absolute Gasteiger partial charge is 0.372 e. The van der Waals surface area contributed by atoms with E-state index < -0.39 is 0 Å². The molecular weight excluding hydrogens is 302 g/mol. The van der Waals surface area contributed by atoms with Gasteiger partial charge in [0.05, 0.1) is 6.10 Å². The molecule has 0 radical (unpaired) electrons. The summed E-state index contributed by atoms with van der Waals surface area (Å²) in [5, 5.41) is 3.46. The van der Waals surface area contributed by atoms with E-state index in [0.29, 0.717) is 12.0 Å². The number of hydrogen-bond acceptors (Lipinski definition) is 2. The van der Waals surface area contributed by atoms with Gasteiger partial charge in [0.15, 0.2) is 0 Å². The van der Waals surface area contributed by atoms with E-state index in [-0.39, 0.29) is 6.10 Å². The van der Waals surface area contributed by atoms with Gasteiger partial charge in [-0.1, -0.05) is 55.8 Å². The zero-order chi connectivity index (χ0) is 14.3. The SMILES string of the molecule is CC(C)CCOC(CNC(C)C)c1cccc(Br)c1. The van der Waals surface area contributed by atoms with Crippen LogP contribution in [0.15, 0.2) is 28.7 Å². The maximum Gasteiger partial charge on any atom is 0.0949 e. The fourth-order valence-electron chi connectivity index (χ4n) is 1.77. The first-order chi connectivity index (χ1) is 8.99. The third-order valence-corrected chi connectivity index (χ3v) is 3.44. The lowest BCUT2D eigenvalue weighted by Crippen LogP contribution is -2.29. The molecule has 0 amide bonds. The van der Waals surface area contributed by atoms with Gasteiger partial charge in [0.2, 0.25) is 0 Å². The second-order valence-corrected chi connectivity index (χ2v) is 6.58. The summed E-state index contributed by atoms with van der Waals surface area (Å²) in [5.74, 6) is 0.682. The van der Waals surface area contributed by atoms with Crippen LogP contribution in [0.25, 0.3) is 0 Å². The number of nitrogens with one attached hydrogen (secondary N) is 1. The molecule has 0 aliphatic rings. The van der Waals surface area contributed by atoms with Crippen molar-refractivity contribution in [2.75, 3.05) is 13.2 Å². The fourth-order valence-corrected chi connectivity index (χ4v) is 2.19. The Morgan fingerprint density at radius 3 is 2.53 bits per heavy atom. The van der Waals surface area contributed by atoms with Gasteiger partial charge in [0, 0.05) is 23.7 Å². The van der Waals surface area contributed by atoms with E-state index in [1.165, 1.54) is 5.56 Å². The number of rotatable bonds is 8. The van der Waals surface area contributed by atoms with Crippen LogP contribution in [-0.4, -0.2) is 19.2 Å². The Hall–Kier alpha value is -0.380. The quantitative estimate of drug-likeness (QED) is 0.756. The van der Waals surface area contributed by atoms with Crippen molar-refractivity contribution in [2.45, 2.75) is 46.3 Å². The Balaban J connectivity index is 2.62. The van der Waals surface area contributed by atoms with Gasteiger partial charge >= 0.3 is 0 Å². The lowest BCUT2D eigenvalue weighted by atomic mass is 10.1. The number of benzene rings is 1. The average molecular weight is 328 g/mol. The van der Waals surface area contributed by atoms with Crippen LogP contribution in [0, 0.1) is 5.92 Å². The van der Waals surface area contributed by atoms with Crippen LogP contribution < -0.4 is 5.32 Å². The Morgan fingerprint density at radius 1 is 1.21 bits per heavy atom. The van der Waals surface area contributed by atoms with E-state index in [1.807, 2.05) is 6.07 Å². The molecule has 0 saturated heterocycles. The average Bonchev–Trinajstić information content (AvgIpc) is 2.32. The van der Waals surface area contributed by atoms with E-state index in [2.05, 4.69) is 67.1 Å². The molecule has 1 unspecified atom stereocenters. The lowest BCUT2D eigenvalue weighted by Gasteiger charge is -2.21. The molecule has 108 valence electrons. The minimum absolute atomic E-state index is 0.124. The van der Waals surface area contributed by atoms with Crippen molar-refractivity contribution in [3.8, 4) is 0 Å². The lowest BCUT2D eigenvalue weighted by molar-refractivity contribution is 0.0445. The second kappa shape index (κ2) is 8.72. The maximum absolute atomic E-state index is 6.06. The second-order valence-electron chi connectivity index (χ2n) is 5.66. The molecule has 0 aliphatic heterocycles. The van der Waals surface area contributed by atoms with Crippen molar-refractivity contribution in [2.24, 2.45) is 5.92 Å². The van der Waals surface area contributed by atoms with E-state index in [4.69, 9.17) is 4.74 Å². The Kier molecular flexibility index (Phi) is 7.66. The Morgan fingerprint density at radius 2 is 1.95 bits per heavy atom. The van der Waals surface area contributed by atoms with Gasteiger partial charge in [-0.15, -0.1) is 0 Å². The summed E-state index contributed by atoms with van der Waals surface area (Å²) in [7, 11) is 0. The molecule has 0 aromatic heterocycles. The molecular formula is C16H26BrNO. The molecule has 0 bridgehead atoms. The van der Waals surface area contributed by atoms with Crippen molar-refractivity contribution in [3.05, 3.63) is 34.3 Å². The molecule has 1 aromatic rings. The van der Waals surface area contributed by atoms with Gasteiger partial charge in [-0.25, -0.2) is 0 Å². The standard InChI is InChI=1S/C16H26BrNO/c1-12(2)8-9-19-16(11-18-13(3)4)14-6-5-7-15(17)10-14/h5-7,10,12-13,16,18H,8-9,11H2,1-4H3. The molecule has 1 N–H and O–H groups in total. The predicted octanol–water partition coefficient (Wildman–Crippen LogP) is 4.55. The van der Waals surface area contributed by atoms with Crippen molar-refractivity contribution in [3.63, 3.8) is 0 Å². The third kappa shape index (κ3) is 7.09. The monoisotopic (exact) mass is 327 g/mol. The fraction of sp³-hybridized carbons (Fsp3) is 0.625. The molecule has 0 saturated carbocycles. The summed E-state index contributed by atoms with van der Waals surface area (Å²) in [6.07, 6.45) is 1.23. The van der Waals surface area contributed by atoms with Crippen LogP contribution in [-0.2, 0) is 4.74 Å². The molecule has 0 aliphatic carbocycles. The molecule has 1 aromatic carbocycles. The van der Waals surface area contributed by atoms with Crippen molar-refractivity contribution < 1.29 is 4.74 Å². The molecule has 1 rings (SSSR count). The summed E-state index contributed by atoms with van der Waals surface area (Å²) in [6.45, 7) is 10.4. The first-order valence-corrected chi connectivity index (χ1v) is 7.88. The van der Waals surface area contributed by atoms with Gasteiger partial charge in [-0.3, -0.25) is 0 Å². The molecule has 2 nitrogen and oxygen atoms in total. The minimum atomic E-state index is 0.124. The normalized spacial score (nSPS) is 13.2. The summed E-state index contributed by atoms with van der Waals surface area (Å²) in [5.41, 5.74) is 1.23. The molecule has 1 atom stereocenters. The van der Waals surface area contributed by atoms with Gasteiger partial charge in [-0.05, 0) is 30.0 Å². The molecule has 0 heterocycles. The summed E-state index contributed by atoms with van der Waals surface area (Å²) < 4.78 is 7.16. The van der Waals surface area contributed by atoms with Gasteiger partial charge in [0.1, 0.15) is 0 Å². The van der Waals surface area contributed by atoms with Gasteiger partial charge in [-0.2, -0.15) is 0 Å². The molecule has 0 fully saturated rings. The van der Waals surface area contributed by atoms with Crippen LogP contribution in [0.5, 0.6) is 0 Å². The Labute approximate surface area is 126 Å². The smallest absolute Gasteiger partial charge is 0.0949 e. The van der Waals surface area contributed by atoms with Gasteiger partial charge < -0.3 is 10.1 Å². The topological polar surface area (TPSA) is 21.3 Å². The highest BCUT2D eigenvalue weighted by Gasteiger charge is 2.13. The zero-order valence-corrected chi connectivity index (χ0v) is 14.0. The summed E-state index contributed by atoms with van der Waals surface area (Å²) >= 11 is 3.53. The van der Waals surface area contributed by atoms with Crippen molar-refractivity contribution in [1.29, 1.82) is 0 Å². The number of hydrogen-bond donors (Lipinski definition) is 1. The maximum atomic E-state index is 6.06. The third-order valence-electron chi connectivity index (χ3n) is 2.95. The van der Waals surface area contributed by atoms with E-state index >= 15 is 0 Å². The zero-order valence-electron chi connectivity index (χ0n) is 12.4. The predicted molar refractivity (Wildman–Crippen MR) is 85.4 cm³/mol. The van der Waals surface area contributed by atoms with Crippen LogP contribution in [0.2, 0.25) is 0 Å². The molecule has 3 heteroatoms. The molecule has 19 heavy (non-hydrogen) atoms. The van der Waals surface area contributed by atoms with Gasteiger partial charge in [0.25, 0.3) is 0 Å².